The Morgan fingerprint density at radius 2 is 1.48 bits per heavy atom. The Kier molecular flexibility index (Phi) is 16.3. The molecule has 0 radical (unpaired) electrons. The van der Waals surface area contributed by atoms with Crippen LogP contribution in [0, 0.1) is 5.92 Å². The van der Waals surface area contributed by atoms with Crippen molar-refractivity contribution in [3.63, 3.8) is 0 Å². The quantitative estimate of drug-likeness (QED) is 0.138. The van der Waals surface area contributed by atoms with Crippen molar-refractivity contribution in [3.8, 4) is 0 Å². The molecule has 2 unspecified atom stereocenters. The van der Waals surface area contributed by atoms with Gasteiger partial charge in [-0.25, -0.2) is 4.79 Å². The first-order chi connectivity index (χ1) is 16.0. The summed E-state index contributed by atoms with van der Waals surface area (Å²) in [5.41, 5.74) is 0.875. The zero-order valence-electron chi connectivity index (χ0n) is 21.1. The van der Waals surface area contributed by atoms with Gasteiger partial charge >= 0.3 is 11.9 Å². The van der Waals surface area contributed by atoms with E-state index in [1.807, 2.05) is 44.2 Å². The van der Waals surface area contributed by atoms with Crippen molar-refractivity contribution in [1.29, 1.82) is 0 Å². The average Bonchev–Trinajstić information content (AvgIpc) is 2.81. The first kappa shape index (κ1) is 29.1. The van der Waals surface area contributed by atoms with E-state index in [1.165, 1.54) is 45.6 Å². The molecule has 6 heteroatoms. The molecule has 0 N–H and O–H groups in total. The molecular formula is C27H44O6. The van der Waals surface area contributed by atoms with Crippen LogP contribution in [0.5, 0.6) is 0 Å². The molecule has 0 bridgehead atoms. The highest BCUT2D eigenvalue weighted by Crippen LogP contribution is 2.19. The van der Waals surface area contributed by atoms with E-state index < -0.39 is 18.2 Å². The Balaban J connectivity index is 2.49. The molecule has 33 heavy (non-hydrogen) atoms. The lowest BCUT2D eigenvalue weighted by molar-refractivity contribution is -0.190. The standard InChI is InChI=1S/C27H44O6/c1-5-6-7-8-9-10-11-12-16-19-24(28)33-25(22(2)3)26(32-21-30-4)27(29)31-20-23-17-14-13-15-18-23/h13-15,17-18,22,25-26H,5-12,16,19-21H2,1-4H3. The van der Waals surface area contributed by atoms with E-state index in [0.29, 0.717) is 6.42 Å². The summed E-state index contributed by atoms with van der Waals surface area (Å²) in [5, 5.41) is 0. The molecule has 1 aromatic rings. The number of carbonyl (C=O) groups excluding carboxylic acids is 2. The number of hydrogen-bond donors (Lipinski definition) is 0. The molecule has 0 saturated carbocycles. The SMILES string of the molecule is CCCCCCCCCCCC(=O)OC(C(C)C)C(OCOC)C(=O)OCc1ccccc1. The van der Waals surface area contributed by atoms with Crippen LogP contribution in [-0.4, -0.2) is 38.0 Å². The van der Waals surface area contributed by atoms with Gasteiger partial charge < -0.3 is 18.9 Å². The molecule has 0 aromatic heterocycles. The highest BCUT2D eigenvalue weighted by molar-refractivity contribution is 5.77. The van der Waals surface area contributed by atoms with E-state index in [9.17, 15) is 9.59 Å². The number of ether oxygens (including phenoxy) is 4. The van der Waals surface area contributed by atoms with Gasteiger partial charge in [-0.3, -0.25) is 4.79 Å². The van der Waals surface area contributed by atoms with Gasteiger partial charge in [0.25, 0.3) is 0 Å². The molecule has 1 aromatic carbocycles. The molecule has 0 aliphatic heterocycles. The number of methoxy groups -OCH3 is 1. The van der Waals surface area contributed by atoms with Crippen LogP contribution in [0.25, 0.3) is 0 Å². The van der Waals surface area contributed by atoms with Crippen LogP contribution in [-0.2, 0) is 35.1 Å². The van der Waals surface area contributed by atoms with Gasteiger partial charge in [-0.05, 0) is 17.9 Å². The monoisotopic (exact) mass is 464 g/mol. The minimum absolute atomic E-state index is 0.0931. The van der Waals surface area contributed by atoms with Crippen molar-refractivity contribution in [2.75, 3.05) is 13.9 Å². The Labute approximate surface area is 200 Å². The van der Waals surface area contributed by atoms with E-state index in [0.717, 1.165) is 24.8 Å². The smallest absolute Gasteiger partial charge is 0.339 e. The first-order valence-corrected chi connectivity index (χ1v) is 12.5. The van der Waals surface area contributed by atoms with Crippen LogP contribution in [0.1, 0.15) is 90.5 Å². The van der Waals surface area contributed by atoms with Crippen LogP contribution in [0.2, 0.25) is 0 Å². The maximum absolute atomic E-state index is 12.8. The maximum Gasteiger partial charge on any atom is 0.339 e. The van der Waals surface area contributed by atoms with Gasteiger partial charge in [-0.1, -0.05) is 102 Å². The summed E-state index contributed by atoms with van der Waals surface area (Å²) >= 11 is 0. The zero-order valence-corrected chi connectivity index (χ0v) is 21.1. The molecular weight excluding hydrogens is 420 g/mol. The number of carbonyl (C=O) groups is 2. The van der Waals surface area contributed by atoms with Gasteiger partial charge in [0, 0.05) is 13.5 Å². The van der Waals surface area contributed by atoms with Gasteiger partial charge in [0.2, 0.25) is 0 Å². The largest absolute Gasteiger partial charge is 0.459 e. The van der Waals surface area contributed by atoms with Crippen LogP contribution >= 0.6 is 0 Å². The Morgan fingerprint density at radius 1 is 0.879 bits per heavy atom. The minimum Gasteiger partial charge on any atom is -0.459 e. The Hall–Kier alpha value is -1.92. The Morgan fingerprint density at radius 3 is 2.06 bits per heavy atom. The Bertz CT molecular complexity index is 631. The normalized spacial score (nSPS) is 13.0. The molecule has 0 spiro atoms. The third-order valence-electron chi connectivity index (χ3n) is 5.53. The molecule has 2 atom stereocenters. The molecule has 0 aliphatic rings. The van der Waals surface area contributed by atoms with Crippen molar-refractivity contribution < 1.29 is 28.5 Å². The predicted molar refractivity (Wildman–Crippen MR) is 130 cm³/mol. The van der Waals surface area contributed by atoms with E-state index in [-0.39, 0.29) is 25.3 Å². The van der Waals surface area contributed by atoms with Crippen molar-refractivity contribution in [2.45, 2.75) is 104 Å². The topological polar surface area (TPSA) is 71.1 Å². The van der Waals surface area contributed by atoms with Gasteiger partial charge in [-0.2, -0.15) is 0 Å². The summed E-state index contributed by atoms with van der Waals surface area (Å²) in [6.07, 6.45) is 9.19. The number of hydrogen-bond acceptors (Lipinski definition) is 6. The molecule has 0 aliphatic carbocycles. The van der Waals surface area contributed by atoms with E-state index in [4.69, 9.17) is 18.9 Å². The molecule has 6 nitrogen and oxygen atoms in total. The van der Waals surface area contributed by atoms with Gasteiger partial charge in [0.05, 0.1) is 0 Å². The summed E-state index contributed by atoms with van der Waals surface area (Å²) < 4.78 is 21.7. The lowest BCUT2D eigenvalue weighted by Crippen LogP contribution is -2.44. The molecule has 1 rings (SSSR count). The number of benzene rings is 1. The van der Waals surface area contributed by atoms with Crippen molar-refractivity contribution in [3.05, 3.63) is 35.9 Å². The zero-order chi connectivity index (χ0) is 24.3. The molecule has 0 saturated heterocycles. The fraction of sp³-hybridized carbons (Fsp3) is 0.704. The second-order valence-corrected chi connectivity index (χ2v) is 8.86. The fourth-order valence-electron chi connectivity index (χ4n) is 3.59. The van der Waals surface area contributed by atoms with E-state index >= 15 is 0 Å². The van der Waals surface area contributed by atoms with Crippen LogP contribution < -0.4 is 0 Å². The molecule has 0 heterocycles. The minimum atomic E-state index is -1.04. The summed E-state index contributed by atoms with van der Waals surface area (Å²) in [6, 6.07) is 9.42. The number of esters is 2. The summed E-state index contributed by atoms with van der Waals surface area (Å²) in [7, 11) is 1.48. The second-order valence-electron chi connectivity index (χ2n) is 8.86. The molecule has 0 amide bonds. The van der Waals surface area contributed by atoms with Crippen LogP contribution in [0.4, 0.5) is 0 Å². The summed E-state index contributed by atoms with van der Waals surface area (Å²) in [6.45, 7) is 6.05. The molecule has 0 fully saturated rings. The van der Waals surface area contributed by atoms with Gasteiger partial charge in [-0.15, -0.1) is 0 Å². The number of rotatable bonds is 19. The highest BCUT2D eigenvalue weighted by Gasteiger charge is 2.36. The van der Waals surface area contributed by atoms with Gasteiger partial charge in [0.15, 0.2) is 6.10 Å². The maximum atomic E-state index is 12.8. The lowest BCUT2D eigenvalue weighted by atomic mass is 10.0. The summed E-state index contributed by atoms with van der Waals surface area (Å²) in [4.78, 5) is 25.3. The van der Waals surface area contributed by atoms with E-state index in [1.54, 1.807) is 0 Å². The van der Waals surface area contributed by atoms with Crippen molar-refractivity contribution in [2.24, 2.45) is 5.92 Å². The van der Waals surface area contributed by atoms with Crippen molar-refractivity contribution in [1.82, 2.24) is 0 Å². The third-order valence-corrected chi connectivity index (χ3v) is 5.53. The van der Waals surface area contributed by atoms with E-state index in [2.05, 4.69) is 6.92 Å². The van der Waals surface area contributed by atoms with Crippen LogP contribution in [0.15, 0.2) is 30.3 Å². The molecule has 188 valence electrons. The van der Waals surface area contributed by atoms with Crippen LogP contribution in [0.3, 0.4) is 0 Å². The summed E-state index contributed by atoms with van der Waals surface area (Å²) in [5.74, 6) is -0.993. The predicted octanol–water partition coefficient (Wildman–Crippen LogP) is 6.21. The first-order valence-electron chi connectivity index (χ1n) is 12.5. The lowest BCUT2D eigenvalue weighted by Gasteiger charge is -2.28. The average molecular weight is 465 g/mol. The third kappa shape index (κ3) is 13.4. The second kappa shape index (κ2) is 18.5. The van der Waals surface area contributed by atoms with Crippen molar-refractivity contribution >= 4 is 11.9 Å². The highest BCUT2D eigenvalue weighted by atomic mass is 16.7. The number of unbranched alkanes of at least 4 members (excludes halogenated alkanes) is 8. The van der Waals surface area contributed by atoms with Gasteiger partial charge in [0.1, 0.15) is 19.5 Å². The fourth-order valence-corrected chi connectivity index (χ4v) is 3.59.